The van der Waals surface area contributed by atoms with Crippen LogP contribution in [0.15, 0.2) is 12.2 Å². The Morgan fingerprint density at radius 1 is 0.468 bits per heavy atom. The van der Waals surface area contributed by atoms with Gasteiger partial charge < -0.3 is 20.1 Å². The fourth-order valence-corrected chi connectivity index (χ4v) is 8.69. The molecule has 0 aromatic carbocycles. The second kappa shape index (κ2) is 49.2. The highest BCUT2D eigenvalue weighted by Crippen LogP contribution is 2.43. The summed E-state index contributed by atoms with van der Waals surface area (Å²) in [6.07, 6.45) is 54.2. The number of esters is 2. The van der Waals surface area contributed by atoms with Gasteiger partial charge in [-0.15, -0.1) is 0 Å². The second-order valence-electron chi connectivity index (χ2n) is 18.1. The van der Waals surface area contributed by atoms with Crippen LogP contribution < -0.4 is 5.73 Å². The molecule has 0 radical (unpaired) electrons. The molecule has 3 N–H and O–H groups in total. The summed E-state index contributed by atoms with van der Waals surface area (Å²) in [5, 5.41) is 0. The van der Waals surface area contributed by atoms with Crippen LogP contribution in [0.25, 0.3) is 0 Å². The van der Waals surface area contributed by atoms with Crippen molar-refractivity contribution in [1.29, 1.82) is 0 Å². The first-order chi connectivity index (χ1) is 30.3. The van der Waals surface area contributed by atoms with Crippen molar-refractivity contribution in [2.45, 2.75) is 283 Å². The molecule has 0 bridgehead atoms. The zero-order chi connectivity index (χ0) is 45.3. The molecule has 0 saturated heterocycles. The maximum absolute atomic E-state index is 12.6. The fraction of sp³-hybridized carbons (Fsp3) is 0.923. The van der Waals surface area contributed by atoms with Crippen LogP contribution in [0.1, 0.15) is 277 Å². The van der Waals surface area contributed by atoms with Crippen molar-refractivity contribution in [3.05, 3.63) is 12.2 Å². The third-order valence-corrected chi connectivity index (χ3v) is 12.9. The van der Waals surface area contributed by atoms with E-state index in [2.05, 4.69) is 26.0 Å². The summed E-state index contributed by atoms with van der Waals surface area (Å²) in [7, 11) is -4.38. The first-order valence-corrected chi connectivity index (χ1v) is 28.2. The maximum Gasteiger partial charge on any atom is 0.472 e. The number of hydrogen-bond acceptors (Lipinski definition) is 8. The van der Waals surface area contributed by atoms with E-state index in [1.807, 2.05) is 0 Å². The molecule has 0 spiro atoms. The van der Waals surface area contributed by atoms with E-state index in [-0.39, 0.29) is 38.6 Å². The molecule has 0 aromatic heterocycles. The molecular weight excluding hydrogens is 798 g/mol. The van der Waals surface area contributed by atoms with Crippen LogP contribution in [-0.2, 0) is 32.7 Å². The van der Waals surface area contributed by atoms with Crippen LogP contribution in [0.3, 0.4) is 0 Å². The minimum Gasteiger partial charge on any atom is -0.462 e. The molecule has 10 heteroatoms. The summed E-state index contributed by atoms with van der Waals surface area (Å²) in [5.74, 6) is -0.823. The van der Waals surface area contributed by atoms with Crippen molar-refractivity contribution in [3.8, 4) is 0 Å². The van der Waals surface area contributed by atoms with Crippen molar-refractivity contribution in [3.63, 3.8) is 0 Å². The molecule has 0 heterocycles. The largest absolute Gasteiger partial charge is 0.472 e. The first kappa shape index (κ1) is 60.8. The number of allylic oxidation sites excluding steroid dienone is 2. The molecule has 0 saturated carbocycles. The molecule has 0 rings (SSSR count). The Hall–Kier alpha value is -1.25. The number of unbranched alkanes of at least 4 members (excludes halogenated alkanes) is 36. The lowest BCUT2D eigenvalue weighted by molar-refractivity contribution is -0.161. The molecule has 9 nitrogen and oxygen atoms in total. The molecule has 368 valence electrons. The number of rotatable bonds is 51. The van der Waals surface area contributed by atoms with Crippen molar-refractivity contribution in [2.24, 2.45) is 5.73 Å². The maximum atomic E-state index is 12.6. The van der Waals surface area contributed by atoms with Gasteiger partial charge in [-0.2, -0.15) is 0 Å². The highest BCUT2D eigenvalue weighted by atomic mass is 31.2. The number of phosphoric acid groups is 1. The Morgan fingerprint density at radius 3 is 1.16 bits per heavy atom. The van der Waals surface area contributed by atoms with Crippen LogP contribution in [0.5, 0.6) is 0 Å². The van der Waals surface area contributed by atoms with Gasteiger partial charge in [-0.3, -0.25) is 18.6 Å². The predicted molar refractivity (Wildman–Crippen MR) is 261 cm³/mol. The minimum atomic E-state index is -4.38. The van der Waals surface area contributed by atoms with Gasteiger partial charge in [-0.05, 0) is 38.5 Å². The normalized spacial score (nSPS) is 13.2. The van der Waals surface area contributed by atoms with Gasteiger partial charge in [0.05, 0.1) is 13.2 Å². The van der Waals surface area contributed by atoms with Crippen molar-refractivity contribution < 1.29 is 37.6 Å². The molecule has 0 aliphatic carbocycles. The van der Waals surface area contributed by atoms with Crippen LogP contribution in [0.2, 0.25) is 0 Å². The monoisotopic (exact) mass is 900 g/mol. The van der Waals surface area contributed by atoms with Crippen LogP contribution in [0.4, 0.5) is 0 Å². The molecular formula is C52H102NO8P. The average Bonchev–Trinajstić information content (AvgIpc) is 3.26. The van der Waals surface area contributed by atoms with E-state index >= 15 is 0 Å². The summed E-state index contributed by atoms with van der Waals surface area (Å²) in [5.41, 5.74) is 5.36. The predicted octanol–water partition coefficient (Wildman–Crippen LogP) is 16.1. The summed E-state index contributed by atoms with van der Waals surface area (Å²) < 4.78 is 32.9. The van der Waals surface area contributed by atoms with E-state index < -0.39 is 26.5 Å². The third-order valence-electron chi connectivity index (χ3n) is 11.9. The van der Waals surface area contributed by atoms with Crippen molar-refractivity contribution in [1.82, 2.24) is 0 Å². The number of hydrogen-bond donors (Lipinski definition) is 2. The molecule has 2 unspecified atom stereocenters. The number of ether oxygens (including phenoxy) is 2. The van der Waals surface area contributed by atoms with E-state index in [4.69, 9.17) is 24.3 Å². The molecule has 0 fully saturated rings. The Morgan fingerprint density at radius 2 is 0.790 bits per heavy atom. The Bertz CT molecular complexity index is 1030. The van der Waals surface area contributed by atoms with Gasteiger partial charge in [0.25, 0.3) is 0 Å². The number of phosphoric ester groups is 1. The topological polar surface area (TPSA) is 134 Å². The van der Waals surface area contributed by atoms with Crippen LogP contribution >= 0.6 is 7.82 Å². The van der Waals surface area contributed by atoms with Gasteiger partial charge >= 0.3 is 19.8 Å². The molecule has 0 amide bonds. The zero-order valence-corrected chi connectivity index (χ0v) is 41.8. The van der Waals surface area contributed by atoms with E-state index in [1.165, 1.54) is 193 Å². The number of carbonyl (C=O) groups is 2. The SMILES string of the molecule is CCCCCC/C=C\CCCCCCCC(=O)OC(COC(=O)CCCCCCCCCCCCCCCCCCCCCCCCCCCCCC)COP(=O)(O)OCCN. The van der Waals surface area contributed by atoms with Crippen molar-refractivity contribution >= 4 is 19.8 Å². The van der Waals surface area contributed by atoms with E-state index in [1.54, 1.807) is 0 Å². The standard InChI is InChI=1S/C52H102NO8P/c1-3-5-7-9-11-13-15-17-18-19-20-21-22-23-24-25-26-27-28-29-30-31-33-34-36-38-40-42-44-51(54)58-48-50(49-60-62(56,57)59-47-46-53)61-52(55)45-43-41-39-37-35-32-16-14-12-10-8-6-4-2/h14,16,50H,3-13,15,17-49,53H2,1-2H3,(H,56,57)/b16-14-. The van der Waals surface area contributed by atoms with Gasteiger partial charge in [-0.1, -0.05) is 238 Å². The molecule has 0 aliphatic rings. The van der Waals surface area contributed by atoms with Gasteiger partial charge in [-0.25, -0.2) is 4.57 Å². The Kier molecular flexibility index (Phi) is 48.2. The van der Waals surface area contributed by atoms with Crippen LogP contribution in [0, 0.1) is 0 Å². The lowest BCUT2D eigenvalue weighted by atomic mass is 10.0. The van der Waals surface area contributed by atoms with E-state index in [0.717, 1.165) is 51.4 Å². The quantitative estimate of drug-likeness (QED) is 0.0265. The average molecular weight is 900 g/mol. The van der Waals surface area contributed by atoms with Crippen molar-refractivity contribution in [2.75, 3.05) is 26.4 Å². The third kappa shape index (κ3) is 48.2. The lowest BCUT2D eigenvalue weighted by Gasteiger charge is -2.19. The van der Waals surface area contributed by atoms with Gasteiger partial charge in [0.15, 0.2) is 6.10 Å². The number of nitrogens with two attached hydrogens (primary N) is 1. The summed E-state index contributed by atoms with van der Waals surface area (Å²) in [6, 6.07) is 0. The zero-order valence-electron chi connectivity index (χ0n) is 40.9. The van der Waals surface area contributed by atoms with Crippen LogP contribution in [-0.4, -0.2) is 49.3 Å². The summed E-state index contributed by atoms with van der Waals surface area (Å²) in [6.45, 7) is 3.76. The first-order valence-electron chi connectivity index (χ1n) is 26.7. The summed E-state index contributed by atoms with van der Waals surface area (Å²) >= 11 is 0. The lowest BCUT2D eigenvalue weighted by Crippen LogP contribution is -2.29. The molecule has 62 heavy (non-hydrogen) atoms. The van der Waals surface area contributed by atoms with Gasteiger partial charge in [0.1, 0.15) is 6.61 Å². The minimum absolute atomic E-state index is 0.0550. The molecule has 2 atom stereocenters. The fourth-order valence-electron chi connectivity index (χ4n) is 7.93. The molecule has 0 aromatic rings. The molecule has 0 aliphatic heterocycles. The number of carbonyl (C=O) groups excluding carboxylic acids is 2. The van der Waals surface area contributed by atoms with E-state index in [9.17, 15) is 19.0 Å². The Labute approximate surface area is 383 Å². The highest BCUT2D eigenvalue weighted by molar-refractivity contribution is 7.47. The van der Waals surface area contributed by atoms with E-state index in [0.29, 0.717) is 6.42 Å². The second-order valence-corrected chi connectivity index (χ2v) is 19.6. The highest BCUT2D eigenvalue weighted by Gasteiger charge is 2.26. The Balaban J connectivity index is 3.86. The smallest absolute Gasteiger partial charge is 0.462 e. The summed E-state index contributed by atoms with van der Waals surface area (Å²) in [4.78, 5) is 35.0. The van der Waals surface area contributed by atoms with Gasteiger partial charge in [0, 0.05) is 19.4 Å². The van der Waals surface area contributed by atoms with Gasteiger partial charge in [0.2, 0.25) is 0 Å².